The van der Waals surface area contributed by atoms with Crippen molar-refractivity contribution < 1.29 is 32.3 Å². The Morgan fingerprint density at radius 2 is 1.18 bits per heavy atom. The van der Waals surface area contributed by atoms with Crippen molar-refractivity contribution in [2.45, 2.75) is 86.2 Å². The molecule has 218 valence electrons. The highest BCUT2D eigenvalue weighted by Crippen LogP contribution is 2.75. The molecule has 0 aliphatic rings. The zero-order valence-corrected chi connectivity index (χ0v) is 26.4. The highest BCUT2D eigenvalue weighted by atomic mass is 31.2. The molecule has 3 aromatic rings. The number of hydrogen-bond donors (Lipinski definition) is 1. The van der Waals surface area contributed by atoms with Crippen molar-refractivity contribution in [2.75, 3.05) is 0 Å². The summed E-state index contributed by atoms with van der Waals surface area (Å²) in [6.45, 7) is 13.8. The Bertz CT molecular complexity index is 1340. The van der Waals surface area contributed by atoms with Gasteiger partial charge in [0.25, 0.3) is 0 Å². The van der Waals surface area contributed by atoms with E-state index < -0.39 is 39.6 Å². The summed E-state index contributed by atoms with van der Waals surface area (Å²) in [5.74, 6) is 0.0846. The summed E-state index contributed by atoms with van der Waals surface area (Å²) in [4.78, 5) is 0. The lowest BCUT2D eigenvalue weighted by atomic mass is 9.94. The molecule has 0 saturated heterocycles. The zero-order chi connectivity index (χ0) is 29.7. The van der Waals surface area contributed by atoms with Gasteiger partial charge in [0, 0.05) is 17.4 Å². The van der Waals surface area contributed by atoms with E-state index in [1.807, 2.05) is 60.7 Å². The van der Waals surface area contributed by atoms with E-state index in [2.05, 4.69) is 0 Å². The van der Waals surface area contributed by atoms with E-state index in [0.29, 0.717) is 22.9 Å². The summed E-state index contributed by atoms with van der Waals surface area (Å²) < 4.78 is 53.1. The van der Waals surface area contributed by atoms with Crippen LogP contribution in [0.2, 0.25) is 0 Å². The van der Waals surface area contributed by atoms with Crippen LogP contribution in [0.15, 0.2) is 65.7 Å². The second-order valence-electron chi connectivity index (χ2n) is 10.8. The number of phenols is 1. The highest BCUT2D eigenvalue weighted by molar-refractivity contribution is 7.79. The predicted octanol–water partition coefficient (Wildman–Crippen LogP) is 9.52. The van der Waals surface area contributed by atoms with E-state index in [-0.39, 0.29) is 10.8 Å². The topological polar surface area (TPSA) is 91.3 Å². The maximum absolute atomic E-state index is 14.7. The van der Waals surface area contributed by atoms with Crippen LogP contribution < -0.4 is 0 Å². The van der Waals surface area contributed by atoms with E-state index in [4.69, 9.17) is 18.1 Å². The van der Waals surface area contributed by atoms with E-state index >= 15 is 0 Å². The van der Waals surface area contributed by atoms with Gasteiger partial charge in [-0.05, 0) is 84.0 Å². The normalized spacial score (nSPS) is 12.7. The first-order valence-corrected chi connectivity index (χ1v) is 16.8. The van der Waals surface area contributed by atoms with Gasteiger partial charge in [0.2, 0.25) is 0 Å². The van der Waals surface area contributed by atoms with Crippen LogP contribution in [0.25, 0.3) is 16.8 Å². The van der Waals surface area contributed by atoms with Crippen LogP contribution in [0.4, 0.5) is 0 Å². The number of phenolic OH excluding ortho intramolecular Hbond substituents is 1. The summed E-state index contributed by atoms with van der Waals surface area (Å²) in [5, 5.41) is 12.7. The number of aromatic hydroxyl groups is 1. The molecule has 7 nitrogen and oxygen atoms in total. The second-order valence-corrected chi connectivity index (χ2v) is 14.9. The van der Waals surface area contributed by atoms with Gasteiger partial charge < -0.3 is 23.2 Å². The highest BCUT2D eigenvalue weighted by Gasteiger charge is 2.48. The summed E-state index contributed by atoms with van der Waals surface area (Å²) in [6, 6.07) is 19.0. The fourth-order valence-electron chi connectivity index (χ4n) is 4.33. The molecule has 3 rings (SSSR count). The van der Waals surface area contributed by atoms with Gasteiger partial charge in [0.15, 0.2) is 5.06 Å². The average Bonchev–Trinajstić information content (AvgIpc) is 2.83. The molecule has 0 aliphatic heterocycles. The number of fused-ring (bicyclic) bond motifs is 1. The first kappa shape index (κ1) is 32.3. The Balaban J connectivity index is 2.43. The molecule has 0 aliphatic carbocycles. The second kappa shape index (κ2) is 13.6. The van der Waals surface area contributed by atoms with Gasteiger partial charge in [0.1, 0.15) is 5.75 Å². The molecule has 0 atom stereocenters. The molecule has 0 aromatic heterocycles. The lowest BCUT2D eigenvalue weighted by Gasteiger charge is -2.31. The van der Waals surface area contributed by atoms with Crippen molar-refractivity contribution in [3.05, 3.63) is 82.4 Å². The number of benzene rings is 3. The summed E-state index contributed by atoms with van der Waals surface area (Å²) in [6.07, 6.45) is -0.192. The van der Waals surface area contributed by atoms with E-state index in [1.54, 1.807) is 55.4 Å². The van der Waals surface area contributed by atoms with Gasteiger partial charge in [-0.25, -0.2) is 0 Å². The maximum atomic E-state index is 14.7. The van der Waals surface area contributed by atoms with Gasteiger partial charge >= 0.3 is 15.2 Å². The molecule has 0 spiro atoms. The van der Waals surface area contributed by atoms with Crippen molar-refractivity contribution in [3.8, 4) is 5.75 Å². The van der Waals surface area contributed by atoms with Crippen LogP contribution in [0.5, 0.6) is 5.75 Å². The van der Waals surface area contributed by atoms with E-state index in [1.165, 1.54) is 6.08 Å². The van der Waals surface area contributed by atoms with Gasteiger partial charge in [-0.1, -0.05) is 54.6 Å². The summed E-state index contributed by atoms with van der Waals surface area (Å²) >= 11 is 0. The lowest BCUT2D eigenvalue weighted by molar-refractivity contribution is 0.138. The minimum absolute atomic E-state index is 0.0846. The Morgan fingerprint density at radius 3 is 1.65 bits per heavy atom. The predicted molar refractivity (Wildman–Crippen MR) is 163 cm³/mol. The van der Waals surface area contributed by atoms with Crippen LogP contribution in [-0.4, -0.2) is 29.5 Å². The molecule has 3 aromatic carbocycles. The van der Waals surface area contributed by atoms with Crippen LogP contribution in [0, 0.1) is 0 Å². The standard InChI is InChI=1S/C31H42O7P2/c1-21(2)35-39(33,36-22(3)4)30(40(34,37-23(5)6)38-24(7)8)20-27-19-26-16-12-13-17-28(26)31(32)29(27)18-25-14-10-9-11-15-25/h9-17,19-24,32H,18H2,1-8H3. The monoisotopic (exact) mass is 588 g/mol. The third-order valence-corrected chi connectivity index (χ3v) is 11.3. The lowest BCUT2D eigenvalue weighted by Crippen LogP contribution is -2.14. The molecular formula is C31H42O7P2. The SMILES string of the molecule is CC(C)OP(=O)(OC(C)C)C(=Cc1cc2ccccc2c(O)c1Cc1ccccc1)P(=O)(OC(C)C)OC(C)C. The van der Waals surface area contributed by atoms with Gasteiger partial charge in [-0.3, -0.25) is 9.13 Å². The molecule has 0 radical (unpaired) electrons. The fourth-order valence-corrected chi connectivity index (χ4v) is 9.44. The average molecular weight is 589 g/mol. The van der Waals surface area contributed by atoms with Gasteiger partial charge in [-0.2, -0.15) is 0 Å². The quantitative estimate of drug-likeness (QED) is 0.199. The molecule has 9 heteroatoms. The zero-order valence-electron chi connectivity index (χ0n) is 24.7. The molecule has 0 heterocycles. The fraction of sp³-hybridized carbons (Fsp3) is 0.419. The van der Waals surface area contributed by atoms with Crippen LogP contribution in [0.1, 0.15) is 72.1 Å². The molecule has 0 fully saturated rings. The van der Waals surface area contributed by atoms with E-state index in [9.17, 15) is 14.2 Å². The van der Waals surface area contributed by atoms with Crippen LogP contribution in [0.3, 0.4) is 0 Å². The number of rotatable bonds is 13. The third-order valence-electron chi connectivity index (χ3n) is 5.63. The molecule has 0 bridgehead atoms. The molecular weight excluding hydrogens is 546 g/mol. The Hall–Kier alpha value is -2.24. The molecule has 40 heavy (non-hydrogen) atoms. The smallest absolute Gasteiger partial charge is 0.370 e. The summed E-state index contributed by atoms with van der Waals surface area (Å²) in [5.41, 5.74) is 2.04. The van der Waals surface area contributed by atoms with E-state index in [0.717, 1.165) is 10.9 Å². The van der Waals surface area contributed by atoms with Crippen molar-refractivity contribution >= 4 is 32.0 Å². The molecule has 0 saturated carbocycles. The van der Waals surface area contributed by atoms with Crippen LogP contribution in [-0.2, 0) is 33.6 Å². The third kappa shape index (κ3) is 8.16. The Labute approximate surface area is 238 Å². The minimum Gasteiger partial charge on any atom is -0.507 e. The summed E-state index contributed by atoms with van der Waals surface area (Å²) in [7, 11) is -8.51. The molecule has 0 unspecified atom stereocenters. The number of hydrogen-bond acceptors (Lipinski definition) is 7. The van der Waals surface area contributed by atoms with Crippen molar-refractivity contribution in [2.24, 2.45) is 0 Å². The van der Waals surface area contributed by atoms with Gasteiger partial charge in [0.05, 0.1) is 24.4 Å². The first-order valence-electron chi connectivity index (χ1n) is 13.7. The van der Waals surface area contributed by atoms with Crippen molar-refractivity contribution in [1.29, 1.82) is 0 Å². The first-order chi connectivity index (χ1) is 18.7. The van der Waals surface area contributed by atoms with Gasteiger partial charge in [-0.15, -0.1) is 0 Å². The molecule has 0 amide bonds. The Morgan fingerprint density at radius 1 is 0.725 bits per heavy atom. The largest absolute Gasteiger partial charge is 0.507 e. The molecule has 1 N–H and O–H groups in total. The maximum Gasteiger partial charge on any atom is 0.370 e. The van der Waals surface area contributed by atoms with Crippen molar-refractivity contribution in [1.82, 2.24) is 0 Å². The van der Waals surface area contributed by atoms with Crippen molar-refractivity contribution in [3.63, 3.8) is 0 Å². The van der Waals surface area contributed by atoms with Crippen LogP contribution >= 0.6 is 15.2 Å². The minimum atomic E-state index is -4.25. The Kier molecular flexibility index (Phi) is 11.0.